The van der Waals surface area contributed by atoms with Crippen molar-refractivity contribution in [3.63, 3.8) is 0 Å². The Kier molecular flexibility index (Phi) is 4.13. The maximum absolute atomic E-state index is 4.38. The van der Waals surface area contributed by atoms with Gasteiger partial charge in [0.05, 0.1) is 6.33 Å². The van der Waals surface area contributed by atoms with Crippen LogP contribution in [0.5, 0.6) is 0 Å². The van der Waals surface area contributed by atoms with E-state index in [-0.39, 0.29) is 6.04 Å². The zero-order chi connectivity index (χ0) is 14.7. The van der Waals surface area contributed by atoms with Crippen molar-refractivity contribution in [1.29, 1.82) is 0 Å². The first kappa shape index (κ1) is 14.0. The van der Waals surface area contributed by atoms with Crippen molar-refractivity contribution in [3.05, 3.63) is 64.6 Å². The summed E-state index contributed by atoms with van der Waals surface area (Å²) in [4.78, 5) is 9.73. The van der Waals surface area contributed by atoms with Gasteiger partial charge in [-0.25, -0.2) is 9.97 Å². The minimum Gasteiger partial charge on any atom is -0.306 e. The van der Waals surface area contributed by atoms with Crippen molar-refractivity contribution < 1.29 is 0 Å². The highest BCUT2D eigenvalue weighted by Gasteiger charge is 2.07. The molecular formula is C16H18N4S. The van der Waals surface area contributed by atoms with Crippen molar-refractivity contribution >= 4 is 11.3 Å². The number of thiazole rings is 1. The van der Waals surface area contributed by atoms with Gasteiger partial charge in [-0.05, 0) is 31.5 Å². The second-order valence-electron chi connectivity index (χ2n) is 5.03. The summed E-state index contributed by atoms with van der Waals surface area (Å²) in [5, 5.41) is 4.65. The third-order valence-corrected chi connectivity index (χ3v) is 4.31. The van der Waals surface area contributed by atoms with Gasteiger partial charge in [-0.15, -0.1) is 11.3 Å². The molecule has 0 radical (unpaired) electrons. The molecule has 0 spiro atoms. The summed E-state index contributed by atoms with van der Waals surface area (Å²) < 4.78 is 2.01. The zero-order valence-electron chi connectivity index (χ0n) is 12.2. The highest BCUT2D eigenvalue weighted by Crippen LogP contribution is 2.18. The molecule has 5 heteroatoms. The van der Waals surface area contributed by atoms with Crippen molar-refractivity contribution in [3.8, 4) is 5.69 Å². The molecule has 1 N–H and O–H groups in total. The number of nitrogens with one attached hydrogen (secondary N) is 1. The van der Waals surface area contributed by atoms with E-state index in [2.05, 4.69) is 53.4 Å². The normalized spacial score (nSPS) is 12.5. The standard InChI is InChI=1S/C16H18N4S/c1-12-9-19-16(21-12)10-18-13(2)14-4-3-5-15(8-14)20-7-6-17-11-20/h3-9,11,13,18H,10H2,1-2H3. The molecule has 0 aliphatic rings. The number of aromatic nitrogens is 3. The number of benzene rings is 1. The fourth-order valence-electron chi connectivity index (χ4n) is 2.21. The molecule has 0 saturated heterocycles. The topological polar surface area (TPSA) is 42.7 Å². The van der Waals surface area contributed by atoms with E-state index in [1.54, 1.807) is 17.5 Å². The van der Waals surface area contributed by atoms with Gasteiger partial charge < -0.3 is 9.88 Å². The van der Waals surface area contributed by atoms with Crippen molar-refractivity contribution in [2.24, 2.45) is 0 Å². The lowest BCUT2D eigenvalue weighted by Gasteiger charge is -2.14. The molecular weight excluding hydrogens is 280 g/mol. The maximum atomic E-state index is 4.38. The average molecular weight is 298 g/mol. The predicted octanol–water partition coefficient (Wildman–Crippen LogP) is 3.49. The molecule has 3 aromatic rings. The Morgan fingerprint density at radius 1 is 1.38 bits per heavy atom. The smallest absolute Gasteiger partial charge is 0.107 e. The third kappa shape index (κ3) is 3.37. The van der Waals surface area contributed by atoms with Gasteiger partial charge in [-0.3, -0.25) is 0 Å². The summed E-state index contributed by atoms with van der Waals surface area (Å²) in [5.41, 5.74) is 2.39. The highest BCUT2D eigenvalue weighted by molar-refractivity contribution is 7.11. The van der Waals surface area contributed by atoms with E-state index in [0.29, 0.717) is 0 Å². The van der Waals surface area contributed by atoms with Crippen molar-refractivity contribution in [1.82, 2.24) is 19.9 Å². The lowest BCUT2D eigenvalue weighted by molar-refractivity contribution is 0.573. The SMILES string of the molecule is Cc1cnc(CNC(C)c2cccc(-n3ccnc3)c2)s1. The minimum atomic E-state index is 0.276. The second-order valence-corrected chi connectivity index (χ2v) is 6.35. The molecule has 0 bridgehead atoms. The van der Waals surface area contributed by atoms with Gasteiger partial charge in [0.25, 0.3) is 0 Å². The largest absolute Gasteiger partial charge is 0.306 e. The fraction of sp³-hybridized carbons (Fsp3) is 0.250. The summed E-state index contributed by atoms with van der Waals surface area (Å²) in [6.45, 7) is 5.06. The molecule has 1 atom stereocenters. The molecule has 1 aromatic carbocycles. The molecule has 0 saturated carbocycles. The summed E-state index contributed by atoms with van der Waals surface area (Å²) >= 11 is 1.74. The maximum Gasteiger partial charge on any atom is 0.107 e. The lowest BCUT2D eigenvalue weighted by atomic mass is 10.1. The molecule has 0 aliphatic carbocycles. The van der Waals surface area contributed by atoms with Crippen LogP contribution in [0, 0.1) is 6.92 Å². The average Bonchev–Trinajstić information content (AvgIpc) is 3.16. The van der Waals surface area contributed by atoms with Crippen molar-refractivity contribution in [2.75, 3.05) is 0 Å². The molecule has 0 fully saturated rings. The van der Waals surface area contributed by atoms with Gasteiger partial charge in [0, 0.05) is 41.7 Å². The third-order valence-electron chi connectivity index (χ3n) is 3.40. The summed E-state index contributed by atoms with van der Waals surface area (Å²) in [6.07, 6.45) is 7.48. The van der Waals surface area contributed by atoms with Crippen LogP contribution in [0.25, 0.3) is 5.69 Å². The van der Waals surface area contributed by atoms with Crippen LogP contribution in [-0.2, 0) is 6.54 Å². The van der Waals surface area contributed by atoms with Crippen LogP contribution in [0.4, 0.5) is 0 Å². The Hall–Kier alpha value is -1.98. The van der Waals surface area contributed by atoms with Gasteiger partial charge in [0.1, 0.15) is 5.01 Å². The predicted molar refractivity (Wildman–Crippen MR) is 85.7 cm³/mol. The Bertz CT molecular complexity index is 703. The van der Waals surface area contributed by atoms with Crippen LogP contribution in [0.1, 0.15) is 28.4 Å². The first-order valence-electron chi connectivity index (χ1n) is 6.95. The number of rotatable bonds is 5. The number of hydrogen-bond donors (Lipinski definition) is 1. The first-order valence-corrected chi connectivity index (χ1v) is 7.77. The van der Waals surface area contributed by atoms with Gasteiger partial charge in [0.15, 0.2) is 0 Å². The van der Waals surface area contributed by atoms with Crippen LogP contribution in [-0.4, -0.2) is 14.5 Å². The van der Waals surface area contributed by atoms with E-state index in [0.717, 1.165) is 17.2 Å². The zero-order valence-corrected chi connectivity index (χ0v) is 13.0. The molecule has 2 heterocycles. The van der Waals surface area contributed by atoms with Crippen LogP contribution < -0.4 is 5.32 Å². The first-order chi connectivity index (χ1) is 10.2. The lowest BCUT2D eigenvalue weighted by Crippen LogP contribution is -2.18. The highest BCUT2D eigenvalue weighted by atomic mass is 32.1. The molecule has 108 valence electrons. The van der Waals surface area contributed by atoms with Gasteiger partial charge in [-0.1, -0.05) is 12.1 Å². The number of imidazole rings is 1. The molecule has 0 amide bonds. The van der Waals surface area contributed by atoms with Gasteiger partial charge in [0.2, 0.25) is 0 Å². The molecule has 21 heavy (non-hydrogen) atoms. The van der Waals surface area contributed by atoms with E-state index in [1.807, 2.05) is 23.3 Å². The van der Waals surface area contributed by atoms with E-state index in [4.69, 9.17) is 0 Å². The van der Waals surface area contributed by atoms with Crippen LogP contribution in [0.2, 0.25) is 0 Å². The van der Waals surface area contributed by atoms with E-state index < -0.39 is 0 Å². The van der Waals surface area contributed by atoms with Gasteiger partial charge in [-0.2, -0.15) is 0 Å². The monoisotopic (exact) mass is 298 g/mol. The van der Waals surface area contributed by atoms with Crippen LogP contribution in [0.3, 0.4) is 0 Å². The van der Waals surface area contributed by atoms with Crippen molar-refractivity contribution in [2.45, 2.75) is 26.4 Å². The van der Waals surface area contributed by atoms with E-state index in [1.165, 1.54) is 10.4 Å². The Morgan fingerprint density at radius 2 is 2.29 bits per heavy atom. The summed E-state index contributed by atoms with van der Waals surface area (Å²) in [5.74, 6) is 0. The molecule has 0 aliphatic heterocycles. The number of aryl methyl sites for hydroxylation is 1. The van der Waals surface area contributed by atoms with Crippen LogP contribution >= 0.6 is 11.3 Å². The van der Waals surface area contributed by atoms with Gasteiger partial charge >= 0.3 is 0 Å². The Balaban J connectivity index is 1.69. The second kappa shape index (κ2) is 6.20. The molecule has 4 nitrogen and oxygen atoms in total. The summed E-state index contributed by atoms with van der Waals surface area (Å²) in [7, 11) is 0. The quantitative estimate of drug-likeness (QED) is 0.784. The Morgan fingerprint density at radius 3 is 3.00 bits per heavy atom. The van der Waals surface area contributed by atoms with E-state index >= 15 is 0 Å². The number of hydrogen-bond acceptors (Lipinski definition) is 4. The Labute approximate surface area is 128 Å². The van der Waals surface area contributed by atoms with E-state index in [9.17, 15) is 0 Å². The molecule has 1 unspecified atom stereocenters. The summed E-state index contributed by atoms with van der Waals surface area (Å²) in [6, 6.07) is 8.77. The minimum absolute atomic E-state index is 0.276. The van der Waals surface area contributed by atoms with Crippen LogP contribution in [0.15, 0.2) is 49.2 Å². The molecule has 3 rings (SSSR count). The number of nitrogens with zero attached hydrogens (tertiary/aromatic N) is 3. The molecule has 2 aromatic heterocycles. The fourth-order valence-corrected chi connectivity index (χ4v) is 2.95.